The average molecular weight is 275 g/mol. The normalized spacial score (nSPS) is 10.2. The van der Waals surface area contributed by atoms with Crippen molar-refractivity contribution in [3.8, 4) is 5.82 Å². The summed E-state index contributed by atoms with van der Waals surface area (Å²) in [7, 11) is 4.58. The second kappa shape index (κ2) is 5.47. The summed E-state index contributed by atoms with van der Waals surface area (Å²) >= 11 is 0. The Morgan fingerprint density at radius 2 is 2.00 bits per heavy atom. The number of ether oxygens (including phenoxy) is 1. The molecular weight excluding hydrogens is 262 g/mol. The lowest BCUT2D eigenvalue weighted by atomic mass is 10.2. The second-order valence-corrected chi connectivity index (χ2v) is 4.11. The molecule has 0 aliphatic rings. The van der Waals surface area contributed by atoms with E-state index in [1.165, 1.54) is 29.2 Å². The summed E-state index contributed by atoms with van der Waals surface area (Å²) in [5.41, 5.74) is 0.465. The Morgan fingerprint density at radius 3 is 2.55 bits per heavy atom. The van der Waals surface area contributed by atoms with Crippen LogP contribution < -0.4 is 0 Å². The molecule has 0 fully saturated rings. The number of aromatic nitrogens is 4. The lowest BCUT2D eigenvalue weighted by Gasteiger charge is -2.09. The fourth-order valence-corrected chi connectivity index (χ4v) is 1.46. The van der Waals surface area contributed by atoms with Gasteiger partial charge in [-0.3, -0.25) is 4.79 Å². The molecule has 0 atom stereocenters. The van der Waals surface area contributed by atoms with Crippen molar-refractivity contribution in [1.29, 1.82) is 0 Å². The molecule has 8 nitrogen and oxygen atoms in total. The number of pyridine rings is 1. The highest BCUT2D eigenvalue weighted by Crippen LogP contribution is 2.06. The molecule has 2 aromatic heterocycles. The van der Waals surface area contributed by atoms with Crippen molar-refractivity contribution in [2.45, 2.75) is 0 Å². The zero-order valence-corrected chi connectivity index (χ0v) is 11.3. The maximum absolute atomic E-state index is 11.7. The monoisotopic (exact) mass is 275 g/mol. The van der Waals surface area contributed by atoms with Gasteiger partial charge in [0.15, 0.2) is 5.82 Å². The lowest BCUT2D eigenvalue weighted by Crippen LogP contribution is -2.21. The van der Waals surface area contributed by atoms with Crippen molar-refractivity contribution in [2.24, 2.45) is 0 Å². The van der Waals surface area contributed by atoms with Gasteiger partial charge in [0, 0.05) is 20.3 Å². The van der Waals surface area contributed by atoms with Gasteiger partial charge in [0.1, 0.15) is 6.33 Å². The summed E-state index contributed by atoms with van der Waals surface area (Å²) in [6.07, 6.45) is 2.79. The van der Waals surface area contributed by atoms with E-state index >= 15 is 0 Å². The number of nitrogens with zero attached hydrogens (tertiary/aromatic N) is 5. The highest BCUT2D eigenvalue weighted by Gasteiger charge is 2.13. The maximum atomic E-state index is 11.7. The van der Waals surface area contributed by atoms with Crippen LogP contribution in [-0.2, 0) is 4.74 Å². The Morgan fingerprint density at radius 1 is 1.25 bits per heavy atom. The van der Waals surface area contributed by atoms with Gasteiger partial charge in [-0.05, 0) is 12.1 Å². The van der Waals surface area contributed by atoms with Gasteiger partial charge in [0.2, 0.25) is 0 Å². The van der Waals surface area contributed by atoms with Gasteiger partial charge < -0.3 is 9.64 Å². The lowest BCUT2D eigenvalue weighted by molar-refractivity contribution is 0.0586. The van der Waals surface area contributed by atoms with Crippen molar-refractivity contribution in [2.75, 3.05) is 21.2 Å². The number of amides is 1. The first kappa shape index (κ1) is 13.7. The third kappa shape index (κ3) is 2.63. The molecule has 0 aliphatic heterocycles. The van der Waals surface area contributed by atoms with Crippen molar-refractivity contribution >= 4 is 11.9 Å². The zero-order chi connectivity index (χ0) is 14.7. The van der Waals surface area contributed by atoms with E-state index in [1.807, 2.05) is 0 Å². The first-order chi connectivity index (χ1) is 9.52. The molecule has 0 aliphatic carbocycles. The summed E-state index contributed by atoms with van der Waals surface area (Å²) in [5, 5.41) is 3.93. The number of esters is 1. The third-order valence-electron chi connectivity index (χ3n) is 2.50. The number of carbonyl (C=O) groups is 2. The molecule has 0 saturated heterocycles. The highest BCUT2D eigenvalue weighted by molar-refractivity contribution is 5.93. The fraction of sp³-hybridized carbons (Fsp3) is 0.250. The Kier molecular flexibility index (Phi) is 3.74. The summed E-state index contributed by atoms with van der Waals surface area (Å²) in [5.74, 6) is -0.369. The molecule has 104 valence electrons. The molecular formula is C12H13N5O3. The van der Waals surface area contributed by atoms with E-state index in [9.17, 15) is 9.59 Å². The third-order valence-corrected chi connectivity index (χ3v) is 2.50. The molecule has 20 heavy (non-hydrogen) atoms. The number of carbonyl (C=O) groups excluding carboxylic acids is 2. The molecule has 2 rings (SSSR count). The van der Waals surface area contributed by atoms with Crippen LogP contribution in [0.5, 0.6) is 0 Å². The van der Waals surface area contributed by atoms with Crippen LogP contribution in [0.25, 0.3) is 5.82 Å². The van der Waals surface area contributed by atoms with Crippen LogP contribution >= 0.6 is 0 Å². The van der Waals surface area contributed by atoms with E-state index in [-0.39, 0.29) is 11.7 Å². The maximum Gasteiger partial charge on any atom is 0.377 e. The molecule has 2 aromatic rings. The second-order valence-electron chi connectivity index (χ2n) is 4.11. The fourth-order valence-electron chi connectivity index (χ4n) is 1.46. The van der Waals surface area contributed by atoms with Crippen LogP contribution in [0.4, 0.5) is 0 Å². The van der Waals surface area contributed by atoms with Crippen LogP contribution in [0.1, 0.15) is 21.0 Å². The molecule has 1 amide bonds. The quantitative estimate of drug-likeness (QED) is 0.741. The van der Waals surface area contributed by atoms with E-state index < -0.39 is 5.97 Å². The van der Waals surface area contributed by atoms with Crippen LogP contribution in [0.15, 0.2) is 24.7 Å². The minimum absolute atomic E-state index is 0.0530. The molecule has 0 radical (unpaired) electrons. The van der Waals surface area contributed by atoms with Gasteiger partial charge in [-0.15, -0.1) is 5.10 Å². The largest absolute Gasteiger partial charge is 0.463 e. The van der Waals surface area contributed by atoms with Crippen molar-refractivity contribution < 1.29 is 14.3 Å². The van der Waals surface area contributed by atoms with Gasteiger partial charge in [0.05, 0.1) is 12.7 Å². The standard InChI is InChI=1S/C12H13N5O3/c1-16(2)11(18)8-4-5-9(13-6-8)17-7-14-10(15-17)12(19)20-3/h4-7H,1-3H3. The van der Waals surface area contributed by atoms with Gasteiger partial charge in [-0.1, -0.05) is 0 Å². The molecule has 0 N–H and O–H groups in total. The van der Waals surface area contributed by atoms with Gasteiger partial charge in [0.25, 0.3) is 11.7 Å². The molecule has 8 heteroatoms. The van der Waals surface area contributed by atoms with Crippen LogP contribution in [-0.4, -0.2) is 57.7 Å². The molecule has 0 bridgehead atoms. The predicted molar refractivity (Wildman–Crippen MR) is 68.5 cm³/mol. The van der Waals surface area contributed by atoms with E-state index in [2.05, 4.69) is 19.8 Å². The minimum atomic E-state index is -0.622. The Bertz CT molecular complexity index is 633. The number of hydrogen-bond donors (Lipinski definition) is 0. The van der Waals surface area contributed by atoms with Gasteiger partial charge in [-0.2, -0.15) is 0 Å². The number of hydrogen-bond acceptors (Lipinski definition) is 6. The topological polar surface area (TPSA) is 90.2 Å². The van der Waals surface area contributed by atoms with Crippen molar-refractivity contribution in [1.82, 2.24) is 24.6 Å². The average Bonchev–Trinajstić information content (AvgIpc) is 2.95. The SMILES string of the molecule is COC(=O)c1ncn(-c2ccc(C(=O)N(C)C)cn2)n1. The zero-order valence-electron chi connectivity index (χ0n) is 11.3. The van der Waals surface area contributed by atoms with E-state index in [1.54, 1.807) is 26.2 Å². The van der Waals surface area contributed by atoms with Gasteiger partial charge in [-0.25, -0.2) is 19.4 Å². The predicted octanol–water partition coefficient (Wildman–Crippen LogP) is 0.151. The summed E-state index contributed by atoms with van der Waals surface area (Å²) in [6.45, 7) is 0. The molecule has 0 saturated carbocycles. The van der Waals surface area contributed by atoms with Gasteiger partial charge >= 0.3 is 5.97 Å². The van der Waals surface area contributed by atoms with Crippen LogP contribution in [0.2, 0.25) is 0 Å². The Labute approximate surface area is 115 Å². The van der Waals surface area contributed by atoms with E-state index in [4.69, 9.17) is 0 Å². The number of rotatable bonds is 3. The van der Waals surface area contributed by atoms with E-state index in [0.717, 1.165) is 0 Å². The smallest absolute Gasteiger partial charge is 0.377 e. The number of methoxy groups -OCH3 is 1. The van der Waals surface area contributed by atoms with E-state index in [0.29, 0.717) is 11.4 Å². The van der Waals surface area contributed by atoms with Crippen molar-refractivity contribution in [3.05, 3.63) is 36.0 Å². The summed E-state index contributed by atoms with van der Waals surface area (Å²) in [6, 6.07) is 3.25. The summed E-state index contributed by atoms with van der Waals surface area (Å²) in [4.78, 5) is 32.3. The van der Waals surface area contributed by atoms with Crippen molar-refractivity contribution in [3.63, 3.8) is 0 Å². The molecule has 2 heterocycles. The molecule has 0 aromatic carbocycles. The molecule has 0 spiro atoms. The van der Waals surface area contributed by atoms with Crippen LogP contribution in [0, 0.1) is 0 Å². The Balaban J connectivity index is 2.24. The first-order valence-electron chi connectivity index (χ1n) is 5.71. The summed E-state index contributed by atoms with van der Waals surface area (Å²) < 4.78 is 5.84. The Hall–Kier alpha value is -2.77. The molecule has 0 unspecified atom stereocenters. The highest BCUT2D eigenvalue weighted by atomic mass is 16.5. The first-order valence-corrected chi connectivity index (χ1v) is 5.71. The minimum Gasteiger partial charge on any atom is -0.463 e. The van der Waals surface area contributed by atoms with Crippen LogP contribution in [0.3, 0.4) is 0 Å².